The van der Waals surface area contributed by atoms with Crippen molar-refractivity contribution in [2.24, 2.45) is 0 Å². The van der Waals surface area contributed by atoms with Crippen LogP contribution in [-0.2, 0) is 33.5 Å². The molecule has 4 aromatic rings. The van der Waals surface area contributed by atoms with E-state index in [2.05, 4.69) is 15.0 Å². The van der Waals surface area contributed by atoms with Crippen LogP contribution in [0.15, 0.2) is 51.9 Å². The highest BCUT2D eigenvalue weighted by Crippen LogP contribution is 2.40. The van der Waals surface area contributed by atoms with Gasteiger partial charge in [0.25, 0.3) is 5.56 Å². The first-order valence-electron chi connectivity index (χ1n) is 10.2. The van der Waals surface area contributed by atoms with Crippen LogP contribution in [0.5, 0.6) is 0 Å². The fourth-order valence-electron chi connectivity index (χ4n) is 3.00. The second-order valence-electron chi connectivity index (χ2n) is 7.11. The topological polar surface area (TPSA) is 174 Å². The minimum atomic E-state index is -1.63. The molecule has 3 heterocycles. The van der Waals surface area contributed by atoms with Crippen LogP contribution in [0, 0.1) is 15.9 Å². The third kappa shape index (κ3) is 6.45. The third-order valence-electron chi connectivity index (χ3n) is 4.61. The maximum atomic E-state index is 13.5. The molecule has 0 aliphatic heterocycles. The number of halogens is 1. The summed E-state index contributed by atoms with van der Waals surface area (Å²) < 4.78 is 37.4. The second-order valence-corrected chi connectivity index (χ2v) is 8.55. The SMILES string of the molecule is Nc1nc2c(ncn2CCOCP(OCc2cccc(F)c2)OCc2ccc([N+](=O)[O-])o2)c(=O)[nH]1. The number of nitrogens with two attached hydrogens (primary N) is 1. The molecule has 0 amide bonds. The number of aromatic amines is 1. The fourth-order valence-corrected chi connectivity index (χ4v) is 4.07. The van der Waals surface area contributed by atoms with Crippen LogP contribution in [0.4, 0.5) is 16.2 Å². The Balaban J connectivity index is 1.34. The molecule has 0 radical (unpaired) electrons. The largest absolute Gasteiger partial charge is 0.433 e. The fraction of sp³-hybridized carbons (Fsp3) is 0.250. The van der Waals surface area contributed by atoms with Gasteiger partial charge < -0.3 is 28.5 Å². The molecule has 0 bridgehead atoms. The number of anilines is 1. The molecule has 0 saturated carbocycles. The molecule has 35 heavy (non-hydrogen) atoms. The van der Waals surface area contributed by atoms with E-state index in [0.717, 1.165) is 0 Å². The number of hydrogen-bond donors (Lipinski definition) is 2. The van der Waals surface area contributed by atoms with Gasteiger partial charge >= 0.3 is 5.88 Å². The van der Waals surface area contributed by atoms with Gasteiger partial charge in [-0.3, -0.25) is 19.9 Å². The number of nitro groups is 1. The summed E-state index contributed by atoms with van der Waals surface area (Å²) in [7, 11) is -1.63. The molecule has 184 valence electrons. The number of fused-ring (bicyclic) bond motifs is 1. The number of imidazole rings is 1. The van der Waals surface area contributed by atoms with E-state index in [1.165, 1.54) is 30.6 Å². The van der Waals surface area contributed by atoms with Crippen molar-refractivity contribution >= 4 is 31.4 Å². The standard InChI is InChI=1S/C20H20FN6O7P/c21-14-3-1-2-13(8-14)9-32-35(33-10-15-4-5-16(34-15)27(29)30)12-31-7-6-26-11-23-17-18(26)24-20(22)25-19(17)28/h1-5,8,11H,6-7,9-10,12H2,(H3,22,24,25,28). The van der Waals surface area contributed by atoms with E-state index in [-0.39, 0.29) is 43.4 Å². The van der Waals surface area contributed by atoms with Gasteiger partial charge in [-0.05, 0) is 23.8 Å². The Bertz CT molecular complexity index is 1370. The summed E-state index contributed by atoms with van der Waals surface area (Å²) in [4.78, 5) is 32.5. The molecule has 1 aromatic carbocycles. The summed E-state index contributed by atoms with van der Waals surface area (Å²) >= 11 is 0. The van der Waals surface area contributed by atoms with Gasteiger partial charge in [-0.25, -0.2) is 9.37 Å². The quantitative estimate of drug-likeness (QED) is 0.126. The summed E-state index contributed by atoms with van der Waals surface area (Å²) in [5.41, 5.74) is 6.26. The zero-order valence-electron chi connectivity index (χ0n) is 18.1. The molecule has 0 spiro atoms. The summed E-state index contributed by atoms with van der Waals surface area (Å²) in [6.45, 7) is 0.523. The molecular formula is C20H20FN6O7P. The molecule has 3 N–H and O–H groups in total. The van der Waals surface area contributed by atoms with E-state index < -0.39 is 30.6 Å². The molecule has 0 fully saturated rings. The molecule has 1 atom stereocenters. The van der Waals surface area contributed by atoms with Crippen molar-refractivity contribution in [2.45, 2.75) is 19.8 Å². The molecular weight excluding hydrogens is 486 g/mol. The lowest BCUT2D eigenvalue weighted by Gasteiger charge is -2.17. The van der Waals surface area contributed by atoms with E-state index >= 15 is 0 Å². The van der Waals surface area contributed by atoms with Gasteiger partial charge in [0.2, 0.25) is 5.95 Å². The van der Waals surface area contributed by atoms with Crippen LogP contribution >= 0.6 is 8.38 Å². The highest BCUT2D eigenvalue weighted by atomic mass is 31.2. The maximum absolute atomic E-state index is 13.5. The van der Waals surface area contributed by atoms with Crippen molar-refractivity contribution in [3.05, 3.63) is 80.3 Å². The average molecular weight is 506 g/mol. The molecule has 0 aliphatic rings. The monoisotopic (exact) mass is 506 g/mol. The van der Waals surface area contributed by atoms with Gasteiger partial charge in [0.05, 0.1) is 25.6 Å². The highest BCUT2D eigenvalue weighted by molar-refractivity contribution is 7.46. The van der Waals surface area contributed by atoms with Gasteiger partial charge in [0.1, 0.15) is 29.5 Å². The normalized spacial score (nSPS) is 12.3. The van der Waals surface area contributed by atoms with E-state index in [9.17, 15) is 19.3 Å². The second kappa shape index (κ2) is 11.1. The first kappa shape index (κ1) is 24.4. The third-order valence-corrected chi connectivity index (χ3v) is 5.84. The molecule has 4 rings (SSSR count). The average Bonchev–Trinajstić information content (AvgIpc) is 3.45. The number of furan rings is 1. The summed E-state index contributed by atoms with van der Waals surface area (Å²) in [6, 6.07) is 8.60. The smallest absolute Gasteiger partial charge is 0.403 e. The van der Waals surface area contributed by atoms with Crippen LogP contribution in [0.1, 0.15) is 11.3 Å². The first-order chi connectivity index (χ1) is 16.9. The Morgan fingerprint density at radius 1 is 1.26 bits per heavy atom. The van der Waals surface area contributed by atoms with Crippen LogP contribution < -0.4 is 11.3 Å². The minimum Gasteiger partial charge on any atom is -0.403 e. The van der Waals surface area contributed by atoms with Gasteiger partial charge in [0, 0.05) is 6.54 Å². The highest BCUT2D eigenvalue weighted by Gasteiger charge is 2.17. The van der Waals surface area contributed by atoms with Gasteiger partial charge in [-0.1, -0.05) is 12.1 Å². The summed E-state index contributed by atoms with van der Waals surface area (Å²) in [5, 5.41) is 10.8. The van der Waals surface area contributed by atoms with Gasteiger partial charge in [-0.15, -0.1) is 0 Å². The number of nitrogens with one attached hydrogen (secondary N) is 1. The van der Waals surface area contributed by atoms with Crippen molar-refractivity contribution < 1.29 is 27.5 Å². The number of aromatic nitrogens is 4. The van der Waals surface area contributed by atoms with Gasteiger partial charge in [0.15, 0.2) is 19.5 Å². The predicted octanol–water partition coefficient (Wildman–Crippen LogP) is 3.06. The Kier molecular flexibility index (Phi) is 7.77. The van der Waals surface area contributed by atoms with Crippen molar-refractivity contribution in [1.82, 2.24) is 19.5 Å². The zero-order valence-corrected chi connectivity index (χ0v) is 19.0. The van der Waals surface area contributed by atoms with Crippen LogP contribution in [0.3, 0.4) is 0 Å². The molecule has 0 aliphatic carbocycles. The molecule has 0 saturated heterocycles. The van der Waals surface area contributed by atoms with E-state index in [1.54, 1.807) is 16.7 Å². The number of nitrogens with zero attached hydrogens (tertiary/aromatic N) is 4. The number of ether oxygens (including phenoxy) is 1. The first-order valence-corrected chi connectivity index (χ1v) is 11.5. The lowest BCUT2D eigenvalue weighted by atomic mass is 10.2. The van der Waals surface area contributed by atoms with E-state index in [0.29, 0.717) is 17.8 Å². The Hall–Kier alpha value is -3.71. The molecule has 1 unspecified atom stereocenters. The summed E-state index contributed by atoms with van der Waals surface area (Å²) in [5.74, 6) is -0.565. The van der Waals surface area contributed by atoms with Crippen molar-refractivity contribution in [1.29, 1.82) is 0 Å². The number of H-pyrrole nitrogens is 1. The Labute approximate surface area is 197 Å². The van der Waals surface area contributed by atoms with Crippen LogP contribution in [-0.4, -0.2) is 37.4 Å². The predicted molar refractivity (Wildman–Crippen MR) is 122 cm³/mol. The molecule has 13 nitrogen and oxygen atoms in total. The van der Waals surface area contributed by atoms with E-state index in [4.69, 9.17) is 23.9 Å². The lowest BCUT2D eigenvalue weighted by Crippen LogP contribution is -2.13. The summed E-state index contributed by atoms with van der Waals surface area (Å²) in [6.07, 6.45) is 1.51. The number of benzene rings is 1. The molecule has 15 heteroatoms. The number of rotatable bonds is 12. The lowest BCUT2D eigenvalue weighted by molar-refractivity contribution is -0.402. The number of hydrogen-bond acceptors (Lipinski definition) is 10. The maximum Gasteiger partial charge on any atom is 0.433 e. The van der Waals surface area contributed by atoms with Gasteiger partial charge in [-0.2, -0.15) is 4.98 Å². The Morgan fingerprint density at radius 3 is 2.86 bits per heavy atom. The van der Waals surface area contributed by atoms with E-state index in [1.807, 2.05) is 0 Å². The Morgan fingerprint density at radius 2 is 2.09 bits per heavy atom. The van der Waals surface area contributed by atoms with Crippen LogP contribution in [0.2, 0.25) is 0 Å². The zero-order chi connectivity index (χ0) is 24.8. The van der Waals surface area contributed by atoms with Crippen LogP contribution in [0.25, 0.3) is 11.2 Å². The van der Waals surface area contributed by atoms with Crippen molar-refractivity contribution in [3.63, 3.8) is 0 Å². The van der Waals surface area contributed by atoms with Crippen molar-refractivity contribution in [3.8, 4) is 0 Å². The number of nitrogen functional groups attached to an aromatic ring is 1. The van der Waals surface area contributed by atoms with Crippen molar-refractivity contribution in [2.75, 3.05) is 18.7 Å². The molecule has 3 aromatic heterocycles. The minimum absolute atomic E-state index is 0.0222.